The van der Waals surface area contributed by atoms with Crippen LogP contribution in [-0.4, -0.2) is 31.0 Å². The molecule has 3 aliphatic heterocycles. The summed E-state index contributed by atoms with van der Waals surface area (Å²) in [5.74, 6) is 0.913. The molecule has 0 saturated heterocycles. The van der Waals surface area contributed by atoms with Crippen molar-refractivity contribution in [1.82, 2.24) is 19.3 Å². The number of hydrogen-bond donors (Lipinski definition) is 1. The lowest BCUT2D eigenvalue weighted by molar-refractivity contribution is -0.113. The lowest BCUT2D eigenvalue weighted by atomic mass is 10.0. The van der Waals surface area contributed by atoms with E-state index in [1.165, 1.54) is 16.4 Å². The standard InChI is InChI=1S/C27H29N5O2S/c1-18(2)20-13-8-9-14-21(20)28-23(33)17-35-27-29-25-24(22-15-7-4-10-16-31(22)27)26(34)32(30-25)19-11-5-3-6-12-19/h3,5-6,8-9,11-14,18H,4,7,10,15-17H2,1-2H3,(H,28,33). The lowest BCUT2D eigenvalue weighted by Crippen LogP contribution is -2.20. The van der Waals surface area contributed by atoms with Crippen LogP contribution in [0.2, 0.25) is 0 Å². The highest BCUT2D eigenvalue weighted by Gasteiger charge is 2.27. The van der Waals surface area contributed by atoms with Crippen molar-refractivity contribution in [3.05, 3.63) is 76.2 Å². The molecule has 7 nitrogen and oxygen atoms in total. The zero-order chi connectivity index (χ0) is 24.4. The van der Waals surface area contributed by atoms with Crippen molar-refractivity contribution in [2.45, 2.75) is 57.1 Å². The molecule has 0 saturated carbocycles. The van der Waals surface area contributed by atoms with Crippen LogP contribution in [-0.2, 0) is 17.8 Å². The van der Waals surface area contributed by atoms with Gasteiger partial charge in [0.15, 0.2) is 11.0 Å². The highest BCUT2D eigenvalue weighted by molar-refractivity contribution is 7.99. The molecule has 35 heavy (non-hydrogen) atoms. The molecule has 1 amide bonds. The van der Waals surface area contributed by atoms with Gasteiger partial charge in [0.2, 0.25) is 5.91 Å². The van der Waals surface area contributed by atoms with Gasteiger partial charge in [-0.2, -0.15) is 4.68 Å². The molecule has 0 aliphatic carbocycles. The monoisotopic (exact) mass is 487 g/mol. The average molecular weight is 488 g/mol. The zero-order valence-corrected chi connectivity index (χ0v) is 20.8. The molecular formula is C27H29N5O2S. The number of para-hydroxylation sites is 2. The first-order valence-corrected chi connectivity index (χ1v) is 13.1. The van der Waals surface area contributed by atoms with Crippen LogP contribution in [0, 0.1) is 0 Å². The van der Waals surface area contributed by atoms with E-state index in [4.69, 9.17) is 4.98 Å². The number of fused-ring (bicyclic) bond motifs is 3. The normalized spacial score (nSPS) is 13.6. The third kappa shape index (κ3) is 4.75. The van der Waals surface area contributed by atoms with E-state index in [9.17, 15) is 9.59 Å². The number of carbonyl (C=O) groups excluding carboxylic acids is 1. The Labute approximate surface area is 208 Å². The van der Waals surface area contributed by atoms with E-state index >= 15 is 0 Å². The Hall–Kier alpha value is -3.39. The Morgan fingerprint density at radius 1 is 1.06 bits per heavy atom. The molecule has 3 heterocycles. The summed E-state index contributed by atoms with van der Waals surface area (Å²) in [5.41, 5.74) is 4.12. The van der Waals surface area contributed by atoms with Crippen LogP contribution in [0.4, 0.5) is 5.69 Å². The van der Waals surface area contributed by atoms with Crippen LogP contribution in [0.3, 0.4) is 0 Å². The summed E-state index contributed by atoms with van der Waals surface area (Å²) in [6.45, 7) is 5.02. The third-order valence-electron chi connectivity index (χ3n) is 6.36. The molecule has 180 valence electrons. The summed E-state index contributed by atoms with van der Waals surface area (Å²) in [5, 5.41) is 8.37. The smallest absolute Gasteiger partial charge is 0.284 e. The molecule has 2 aromatic rings. The molecule has 2 aromatic carbocycles. The average Bonchev–Trinajstić information content (AvgIpc) is 3.02. The summed E-state index contributed by atoms with van der Waals surface area (Å²) < 4.78 is 3.57. The number of benzene rings is 2. The highest BCUT2D eigenvalue weighted by atomic mass is 32.2. The summed E-state index contributed by atoms with van der Waals surface area (Å²) in [4.78, 5) is 31.0. The molecule has 0 fully saturated rings. The Morgan fingerprint density at radius 2 is 1.83 bits per heavy atom. The number of anilines is 1. The maximum Gasteiger partial charge on any atom is 0.284 e. The van der Waals surface area contributed by atoms with E-state index in [0.29, 0.717) is 17.3 Å². The summed E-state index contributed by atoms with van der Waals surface area (Å²) in [7, 11) is 0. The largest absolute Gasteiger partial charge is 0.325 e. The third-order valence-corrected chi connectivity index (χ3v) is 7.33. The number of carbonyl (C=O) groups is 1. The minimum Gasteiger partial charge on any atom is -0.325 e. The summed E-state index contributed by atoms with van der Waals surface area (Å²) in [6, 6.07) is 17.3. The van der Waals surface area contributed by atoms with E-state index in [-0.39, 0.29) is 17.2 Å². The van der Waals surface area contributed by atoms with Gasteiger partial charge in [-0.1, -0.05) is 68.4 Å². The van der Waals surface area contributed by atoms with Crippen LogP contribution >= 0.6 is 11.8 Å². The Balaban J connectivity index is 1.46. The van der Waals surface area contributed by atoms with Crippen LogP contribution < -0.4 is 10.9 Å². The van der Waals surface area contributed by atoms with Crippen LogP contribution in [0.5, 0.6) is 0 Å². The van der Waals surface area contributed by atoms with E-state index in [1.54, 1.807) is 0 Å². The molecular weight excluding hydrogens is 458 g/mol. The minimum atomic E-state index is -0.135. The fourth-order valence-electron chi connectivity index (χ4n) is 4.64. The number of rotatable bonds is 6. The van der Waals surface area contributed by atoms with Crippen molar-refractivity contribution in [2.24, 2.45) is 0 Å². The fourth-order valence-corrected chi connectivity index (χ4v) is 5.48. The summed E-state index contributed by atoms with van der Waals surface area (Å²) in [6.07, 6.45) is 3.94. The molecule has 5 rings (SSSR count). The van der Waals surface area contributed by atoms with Crippen molar-refractivity contribution >= 4 is 23.4 Å². The first kappa shape index (κ1) is 23.4. The molecule has 1 N–H and O–H groups in total. The number of nitrogens with zero attached hydrogens (tertiary/aromatic N) is 4. The molecule has 0 spiro atoms. The molecule has 0 atom stereocenters. The van der Waals surface area contributed by atoms with Gasteiger partial charge >= 0.3 is 0 Å². The van der Waals surface area contributed by atoms with Gasteiger partial charge in [0, 0.05) is 17.9 Å². The van der Waals surface area contributed by atoms with Gasteiger partial charge in [-0.3, -0.25) is 9.59 Å². The second-order valence-electron chi connectivity index (χ2n) is 9.13. The van der Waals surface area contributed by atoms with Crippen molar-refractivity contribution < 1.29 is 4.79 Å². The Kier molecular flexibility index (Phi) is 6.72. The van der Waals surface area contributed by atoms with Gasteiger partial charge in [0.05, 0.1) is 11.4 Å². The maximum atomic E-state index is 13.4. The summed E-state index contributed by atoms with van der Waals surface area (Å²) >= 11 is 1.40. The molecule has 3 aliphatic rings. The molecule has 8 heteroatoms. The molecule has 0 unspecified atom stereocenters. The zero-order valence-electron chi connectivity index (χ0n) is 20.0. The Bertz CT molecular complexity index is 1380. The number of aromatic nitrogens is 4. The van der Waals surface area contributed by atoms with Crippen LogP contribution in [0.15, 0.2) is 64.5 Å². The predicted octanol–water partition coefficient (Wildman–Crippen LogP) is 5.11. The van der Waals surface area contributed by atoms with E-state index in [0.717, 1.165) is 60.0 Å². The first-order valence-electron chi connectivity index (χ1n) is 12.1. The lowest BCUT2D eigenvalue weighted by Gasteiger charge is -2.18. The second kappa shape index (κ2) is 10.1. The quantitative estimate of drug-likeness (QED) is 0.302. The predicted molar refractivity (Wildman–Crippen MR) is 140 cm³/mol. The van der Waals surface area contributed by atoms with Crippen molar-refractivity contribution in [1.29, 1.82) is 0 Å². The van der Waals surface area contributed by atoms with Gasteiger partial charge in [-0.05, 0) is 48.9 Å². The molecule has 0 aromatic heterocycles. The van der Waals surface area contributed by atoms with Gasteiger partial charge in [0.1, 0.15) is 5.56 Å². The minimum absolute atomic E-state index is 0.0766. The van der Waals surface area contributed by atoms with Gasteiger partial charge in [-0.25, -0.2) is 4.98 Å². The number of amides is 1. The topological polar surface area (TPSA) is 81.8 Å². The number of hydrogen-bond acceptors (Lipinski definition) is 5. The van der Waals surface area contributed by atoms with Crippen LogP contribution in [0.25, 0.3) is 17.1 Å². The molecule has 0 radical (unpaired) electrons. The van der Waals surface area contributed by atoms with E-state index in [2.05, 4.69) is 28.8 Å². The Morgan fingerprint density at radius 3 is 2.63 bits per heavy atom. The first-order chi connectivity index (χ1) is 17.0. The van der Waals surface area contributed by atoms with Crippen molar-refractivity contribution in [3.8, 4) is 17.1 Å². The van der Waals surface area contributed by atoms with Crippen molar-refractivity contribution in [3.63, 3.8) is 0 Å². The van der Waals surface area contributed by atoms with Gasteiger partial charge < -0.3 is 9.88 Å². The fraction of sp³-hybridized carbons (Fsp3) is 0.333. The maximum absolute atomic E-state index is 13.4. The number of thioether (sulfide) groups is 1. The number of nitrogens with one attached hydrogen (secondary N) is 1. The molecule has 0 bridgehead atoms. The SMILES string of the molecule is CC(C)c1ccccc1NC(=O)CSc1nc2nn(-c3ccccc3)c(=O)c-2c2n1CCCCC2. The second-order valence-corrected chi connectivity index (χ2v) is 10.1. The highest BCUT2D eigenvalue weighted by Crippen LogP contribution is 2.31. The van der Waals surface area contributed by atoms with E-state index < -0.39 is 0 Å². The van der Waals surface area contributed by atoms with Crippen LogP contribution in [0.1, 0.15) is 50.3 Å². The van der Waals surface area contributed by atoms with Gasteiger partial charge in [-0.15, -0.1) is 5.10 Å². The van der Waals surface area contributed by atoms with E-state index in [1.807, 2.05) is 54.6 Å². The van der Waals surface area contributed by atoms with Gasteiger partial charge in [0.25, 0.3) is 5.56 Å². The van der Waals surface area contributed by atoms with Crippen molar-refractivity contribution in [2.75, 3.05) is 11.1 Å².